The molecule has 0 fully saturated rings. The summed E-state index contributed by atoms with van der Waals surface area (Å²) in [7, 11) is 0. The van der Waals surface area contributed by atoms with Gasteiger partial charge >= 0.3 is 0 Å². The topological polar surface area (TPSA) is 64.7 Å². The first kappa shape index (κ1) is 31.7. The summed E-state index contributed by atoms with van der Waals surface area (Å²) in [5.74, 6) is 1.66. The number of nitrogens with zero attached hydrogens (tertiary/aromatic N) is 4. The average molecular weight is 736 g/mol. The number of para-hydroxylation sites is 2. The summed E-state index contributed by atoms with van der Waals surface area (Å²) in [6.07, 6.45) is 1.84. The molecule has 0 atom stereocenters. The summed E-state index contributed by atoms with van der Waals surface area (Å²) in [6.45, 7) is 4.29. The molecule has 6 heteroatoms. The van der Waals surface area contributed by atoms with E-state index in [0.29, 0.717) is 17.5 Å². The molecule has 9 aromatic rings. The number of furan rings is 1. The summed E-state index contributed by atoms with van der Waals surface area (Å²) in [4.78, 5) is 19.8. The van der Waals surface area contributed by atoms with Crippen LogP contribution in [-0.2, 0) is 0 Å². The zero-order chi connectivity index (χ0) is 35.2. The highest BCUT2D eigenvalue weighted by atomic mass is 79.9. The molecule has 0 aliphatic heterocycles. The van der Waals surface area contributed by atoms with E-state index in [4.69, 9.17) is 24.4 Å². The molecular weight excluding hydrogens is 704 g/mol. The van der Waals surface area contributed by atoms with Crippen molar-refractivity contribution in [2.24, 2.45) is 0 Å². The molecule has 3 aromatic heterocycles. The monoisotopic (exact) mass is 734 g/mol. The van der Waals surface area contributed by atoms with Gasteiger partial charge in [-0.25, -0.2) is 15.0 Å². The highest BCUT2D eigenvalue weighted by Crippen LogP contribution is 2.39. The van der Waals surface area contributed by atoms with Gasteiger partial charge in [-0.1, -0.05) is 142 Å². The molecule has 0 aliphatic carbocycles. The number of fused-ring (bicyclic) bond motifs is 3. The Kier molecular flexibility index (Phi) is 8.02. The molecule has 52 heavy (non-hydrogen) atoms. The fraction of sp³-hybridized carbons (Fsp3) is 0.0435. The van der Waals surface area contributed by atoms with Crippen molar-refractivity contribution in [2.75, 3.05) is 0 Å². The van der Waals surface area contributed by atoms with E-state index < -0.39 is 0 Å². The summed E-state index contributed by atoms with van der Waals surface area (Å²) < 4.78 is 7.36. The van der Waals surface area contributed by atoms with Crippen LogP contribution in [0, 0.1) is 13.8 Å². The molecule has 6 aromatic carbocycles. The van der Waals surface area contributed by atoms with Crippen molar-refractivity contribution in [3.8, 4) is 67.7 Å². The van der Waals surface area contributed by atoms with Gasteiger partial charge in [0.15, 0.2) is 17.5 Å². The molecule has 0 saturated carbocycles. The second-order valence-electron chi connectivity index (χ2n) is 13.0. The van der Waals surface area contributed by atoms with E-state index in [1.807, 2.05) is 79.0 Å². The first-order valence-electron chi connectivity index (χ1n) is 17.1. The third-order valence-corrected chi connectivity index (χ3v) is 10.0. The molecule has 5 nitrogen and oxygen atoms in total. The largest absolute Gasteiger partial charge is 0.455 e. The zero-order valence-corrected chi connectivity index (χ0v) is 30.1. The van der Waals surface area contributed by atoms with E-state index in [9.17, 15) is 0 Å². The average Bonchev–Trinajstić information content (AvgIpc) is 3.57. The van der Waals surface area contributed by atoms with Crippen molar-refractivity contribution >= 4 is 37.9 Å². The first-order valence-corrected chi connectivity index (χ1v) is 17.9. The van der Waals surface area contributed by atoms with Crippen molar-refractivity contribution in [3.63, 3.8) is 0 Å². The molecule has 0 bridgehead atoms. The van der Waals surface area contributed by atoms with Gasteiger partial charge in [0.25, 0.3) is 0 Å². The summed E-state index contributed by atoms with van der Waals surface area (Å²) in [6, 6.07) is 49.9. The van der Waals surface area contributed by atoms with Crippen molar-refractivity contribution in [1.82, 2.24) is 19.9 Å². The Labute approximate surface area is 309 Å². The molecule has 0 N–H and O–H groups in total. The van der Waals surface area contributed by atoms with Gasteiger partial charge in [0.2, 0.25) is 0 Å². The van der Waals surface area contributed by atoms with Crippen LogP contribution in [0.25, 0.3) is 89.6 Å². The lowest BCUT2D eigenvalue weighted by atomic mass is 9.92. The van der Waals surface area contributed by atoms with Gasteiger partial charge in [-0.05, 0) is 66.4 Å². The van der Waals surface area contributed by atoms with Crippen LogP contribution in [0.4, 0.5) is 0 Å². The van der Waals surface area contributed by atoms with Crippen LogP contribution in [0.15, 0.2) is 161 Å². The minimum atomic E-state index is 0.538. The van der Waals surface area contributed by atoms with Crippen LogP contribution in [0.3, 0.4) is 0 Å². The number of halogens is 1. The summed E-state index contributed by atoms with van der Waals surface area (Å²) in [5, 5.41) is 2.08. The molecule has 248 valence electrons. The van der Waals surface area contributed by atoms with Crippen LogP contribution in [-0.4, -0.2) is 19.9 Å². The molecule has 0 aliphatic rings. The van der Waals surface area contributed by atoms with E-state index in [1.54, 1.807) is 0 Å². The lowest BCUT2D eigenvalue weighted by molar-refractivity contribution is 0.669. The van der Waals surface area contributed by atoms with Crippen LogP contribution < -0.4 is 0 Å². The van der Waals surface area contributed by atoms with Gasteiger partial charge < -0.3 is 4.42 Å². The second kappa shape index (κ2) is 13.1. The minimum absolute atomic E-state index is 0.538. The van der Waals surface area contributed by atoms with E-state index in [0.717, 1.165) is 59.9 Å². The molecular formula is C46H31BrN4O. The van der Waals surface area contributed by atoms with Gasteiger partial charge in [-0.2, -0.15) is 0 Å². The van der Waals surface area contributed by atoms with E-state index in [2.05, 4.69) is 103 Å². The Balaban J connectivity index is 1.09. The van der Waals surface area contributed by atoms with Crippen LogP contribution in [0.2, 0.25) is 0 Å². The molecule has 0 radical (unpaired) electrons. The van der Waals surface area contributed by atoms with Gasteiger partial charge in [0, 0.05) is 38.1 Å². The normalized spacial score (nSPS) is 11.4. The Morgan fingerprint density at radius 3 is 1.88 bits per heavy atom. The number of aromatic nitrogens is 4. The maximum atomic E-state index is 6.36. The quantitative estimate of drug-likeness (QED) is 0.170. The molecule has 3 heterocycles. The maximum absolute atomic E-state index is 6.36. The van der Waals surface area contributed by atoms with E-state index in [1.165, 1.54) is 27.8 Å². The molecule has 9 rings (SSSR count). The zero-order valence-electron chi connectivity index (χ0n) is 28.5. The van der Waals surface area contributed by atoms with E-state index >= 15 is 0 Å². The van der Waals surface area contributed by atoms with E-state index in [-0.39, 0.29) is 0 Å². The highest BCUT2D eigenvalue weighted by molar-refractivity contribution is 9.10. The van der Waals surface area contributed by atoms with Crippen molar-refractivity contribution in [3.05, 3.63) is 167 Å². The first-order chi connectivity index (χ1) is 25.5. The number of benzene rings is 6. The molecule has 0 saturated heterocycles. The minimum Gasteiger partial charge on any atom is -0.455 e. The van der Waals surface area contributed by atoms with Gasteiger partial charge in [-0.15, -0.1) is 0 Å². The second-order valence-corrected chi connectivity index (χ2v) is 13.9. The fourth-order valence-corrected chi connectivity index (χ4v) is 7.55. The van der Waals surface area contributed by atoms with Crippen LogP contribution in [0.5, 0.6) is 0 Å². The number of pyridine rings is 1. The SMILES string of the molecule is Cc1cc(C)cc(-c2ccccc2-c2ccc(-c3ccc(-c4nc(-c5ccccc5)nc(-c5cccc6c5oc5ccccc56)n4)cn3)cc2Br)c1. The van der Waals surface area contributed by atoms with Gasteiger partial charge in [0.05, 0.1) is 11.3 Å². The Morgan fingerprint density at radius 2 is 1.12 bits per heavy atom. The third kappa shape index (κ3) is 5.87. The number of hydrogen-bond donors (Lipinski definition) is 0. The molecule has 0 spiro atoms. The highest BCUT2D eigenvalue weighted by Gasteiger charge is 2.18. The fourth-order valence-electron chi connectivity index (χ4n) is 6.95. The van der Waals surface area contributed by atoms with Gasteiger partial charge in [-0.3, -0.25) is 4.98 Å². The molecule has 0 amide bonds. The Hall–Kier alpha value is -6.24. The predicted octanol–water partition coefficient (Wildman–Crippen LogP) is 12.5. The van der Waals surface area contributed by atoms with Crippen molar-refractivity contribution < 1.29 is 4.42 Å². The lowest BCUT2D eigenvalue weighted by Gasteiger charge is -2.14. The number of rotatable bonds is 6. The van der Waals surface area contributed by atoms with Crippen LogP contribution >= 0.6 is 15.9 Å². The summed E-state index contributed by atoms with van der Waals surface area (Å²) in [5.41, 5.74) is 13.2. The smallest absolute Gasteiger partial charge is 0.167 e. The Bertz CT molecular complexity index is 2750. The number of aryl methyl sites for hydroxylation is 2. The van der Waals surface area contributed by atoms with Crippen molar-refractivity contribution in [1.29, 1.82) is 0 Å². The predicted molar refractivity (Wildman–Crippen MR) is 215 cm³/mol. The van der Waals surface area contributed by atoms with Crippen molar-refractivity contribution in [2.45, 2.75) is 13.8 Å². The van der Waals surface area contributed by atoms with Gasteiger partial charge in [0.1, 0.15) is 11.2 Å². The van der Waals surface area contributed by atoms with Crippen LogP contribution in [0.1, 0.15) is 11.1 Å². The Morgan fingerprint density at radius 1 is 0.462 bits per heavy atom. The third-order valence-electron chi connectivity index (χ3n) is 9.35. The standard InChI is InChI=1S/C46H31BrN4O/c1-28-23-29(2)25-33(24-28)34-13-6-7-14-35(34)36-21-19-31(26-40(36)47)41-22-20-32(27-48-41)45-49-44(30-11-4-3-5-12-30)50-46(51-45)39-17-10-16-38-37-15-8-9-18-42(37)52-43(38)39/h3-27H,1-2H3. The lowest BCUT2D eigenvalue weighted by Crippen LogP contribution is -2.00. The number of hydrogen-bond acceptors (Lipinski definition) is 5. The maximum Gasteiger partial charge on any atom is 0.167 e. The summed E-state index contributed by atoms with van der Waals surface area (Å²) >= 11 is 3.89. The molecule has 0 unspecified atom stereocenters.